The van der Waals surface area contributed by atoms with Crippen molar-refractivity contribution < 1.29 is 14.4 Å². The number of nitrogens with one attached hydrogen (secondary N) is 1. The standard InChI is InChI=1S/C14H20N2O4/c1-10(12-6-4-5-7-13(12)16(17)18)15-8-11-9-19-14(2,3)20-11/h4-7,10-11,15H,8-9H2,1-3H3. The Hall–Kier alpha value is -1.50. The molecule has 2 rings (SSSR count). The smallest absolute Gasteiger partial charge is 0.274 e. The van der Waals surface area contributed by atoms with Crippen LogP contribution in [0.4, 0.5) is 5.69 Å². The minimum absolute atomic E-state index is 0.0322. The highest BCUT2D eigenvalue weighted by Crippen LogP contribution is 2.25. The zero-order valence-corrected chi connectivity index (χ0v) is 12.0. The third-order valence-electron chi connectivity index (χ3n) is 3.32. The van der Waals surface area contributed by atoms with Crippen molar-refractivity contribution in [1.29, 1.82) is 0 Å². The van der Waals surface area contributed by atoms with Crippen LogP contribution in [-0.2, 0) is 9.47 Å². The van der Waals surface area contributed by atoms with Crippen molar-refractivity contribution in [2.75, 3.05) is 13.2 Å². The number of benzene rings is 1. The maximum atomic E-state index is 11.0. The molecule has 0 spiro atoms. The Morgan fingerprint density at radius 2 is 2.20 bits per heavy atom. The first-order chi connectivity index (χ1) is 9.39. The SMILES string of the molecule is CC(NCC1COC(C)(C)O1)c1ccccc1[N+](=O)[O-]. The summed E-state index contributed by atoms with van der Waals surface area (Å²) in [4.78, 5) is 10.6. The Morgan fingerprint density at radius 3 is 2.80 bits per heavy atom. The third kappa shape index (κ3) is 3.53. The van der Waals surface area contributed by atoms with Gasteiger partial charge in [0.2, 0.25) is 0 Å². The van der Waals surface area contributed by atoms with Gasteiger partial charge in [0.05, 0.1) is 17.6 Å². The number of hydrogen-bond donors (Lipinski definition) is 1. The molecule has 0 bridgehead atoms. The third-order valence-corrected chi connectivity index (χ3v) is 3.32. The van der Waals surface area contributed by atoms with E-state index in [4.69, 9.17) is 9.47 Å². The van der Waals surface area contributed by atoms with Gasteiger partial charge in [0.25, 0.3) is 5.69 Å². The van der Waals surface area contributed by atoms with E-state index in [0.717, 1.165) is 0 Å². The number of para-hydroxylation sites is 1. The lowest BCUT2D eigenvalue weighted by molar-refractivity contribution is -0.385. The van der Waals surface area contributed by atoms with Gasteiger partial charge < -0.3 is 14.8 Å². The molecular formula is C14H20N2O4. The van der Waals surface area contributed by atoms with E-state index in [1.165, 1.54) is 6.07 Å². The van der Waals surface area contributed by atoms with Gasteiger partial charge in [-0.25, -0.2) is 0 Å². The molecule has 2 unspecified atom stereocenters. The van der Waals surface area contributed by atoms with Crippen molar-refractivity contribution in [3.8, 4) is 0 Å². The summed E-state index contributed by atoms with van der Waals surface area (Å²) in [5.74, 6) is -0.547. The molecule has 1 saturated heterocycles. The number of hydrogen-bond acceptors (Lipinski definition) is 5. The van der Waals surface area contributed by atoms with E-state index < -0.39 is 5.79 Å². The quantitative estimate of drug-likeness (QED) is 0.662. The molecular weight excluding hydrogens is 260 g/mol. The first kappa shape index (κ1) is 14.9. The molecule has 110 valence electrons. The van der Waals surface area contributed by atoms with Gasteiger partial charge in [-0.2, -0.15) is 0 Å². The largest absolute Gasteiger partial charge is 0.348 e. The Balaban J connectivity index is 1.96. The topological polar surface area (TPSA) is 73.6 Å². The van der Waals surface area contributed by atoms with Crippen molar-refractivity contribution >= 4 is 5.69 Å². The van der Waals surface area contributed by atoms with Crippen LogP contribution in [0.1, 0.15) is 32.4 Å². The predicted octanol–water partition coefficient (Wildman–Crippen LogP) is 2.40. The zero-order chi connectivity index (χ0) is 14.8. The molecule has 1 fully saturated rings. The van der Waals surface area contributed by atoms with Gasteiger partial charge in [0.1, 0.15) is 0 Å². The molecule has 0 saturated carbocycles. The Bertz CT molecular complexity index is 490. The Kier molecular flexibility index (Phi) is 4.37. The first-order valence-electron chi connectivity index (χ1n) is 6.67. The molecule has 2 atom stereocenters. The second kappa shape index (κ2) is 5.87. The lowest BCUT2D eigenvalue weighted by Gasteiger charge is -2.19. The fourth-order valence-electron chi connectivity index (χ4n) is 2.30. The second-order valence-electron chi connectivity index (χ2n) is 5.40. The molecule has 1 aromatic carbocycles. The molecule has 20 heavy (non-hydrogen) atoms. The van der Waals surface area contributed by atoms with E-state index in [0.29, 0.717) is 18.7 Å². The van der Waals surface area contributed by atoms with Gasteiger partial charge in [-0.1, -0.05) is 18.2 Å². The Labute approximate surface area is 118 Å². The molecule has 1 N–H and O–H groups in total. The average Bonchev–Trinajstić information content (AvgIpc) is 2.75. The highest BCUT2D eigenvalue weighted by atomic mass is 16.7. The lowest BCUT2D eigenvalue weighted by atomic mass is 10.1. The van der Waals surface area contributed by atoms with Crippen molar-refractivity contribution in [2.24, 2.45) is 0 Å². The summed E-state index contributed by atoms with van der Waals surface area (Å²) in [5, 5.41) is 14.3. The highest BCUT2D eigenvalue weighted by Gasteiger charge is 2.32. The summed E-state index contributed by atoms with van der Waals surface area (Å²) in [6.45, 7) is 6.78. The van der Waals surface area contributed by atoms with E-state index in [9.17, 15) is 10.1 Å². The monoisotopic (exact) mass is 280 g/mol. The fraction of sp³-hybridized carbons (Fsp3) is 0.571. The van der Waals surface area contributed by atoms with Crippen LogP contribution in [-0.4, -0.2) is 30.0 Å². The molecule has 0 amide bonds. The van der Waals surface area contributed by atoms with E-state index >= 15 is 0 Å². The van der Waals surface area contributed by atoms with Crippen molar-refractivity contribution in [3.63, 3.8) is 0 Å². The highest BCUT2D eigenvalue weighted by molar-refractivity contribution is 5.41. The van der Waals surface area contributed by atoms with Crippen LogP contribution in [0.25, 0.3) is 0 Å². The molecule has 1 aromatic rings. The van der Waals surface area contributed by atoms with E-state index in [1.54, 1.807) is 18.2 Å². The molecule has 6 nitrogen and oxygen atoms in total. The summed E-state index contributed by atoms with van der Waals surface area (Å²) in [7, 11) is 0. The van der Waals surface area contributed by atoms with E-state index in [2.05, 4.69) is 5.32 Å². The van der Waals surface area contributed by atoms with Crippen molar-refractivity contribution in [2.45, 2.75) is 38.7 Å². The fourth-order valence-corrected chi connectivity index (χ4v) is 2.30. The van der Waals surface area contributed by atoms with Crippen LogP contribution in [0.2, 0.25) is 0 Å². The summed E-state index contributed by atoms with van der Waals surface area (Å²) >= 11 is 0. The zero-order valence-electron chi connectivity index (χ0n) is 12.0. The normalized spacial score (nSPS) is 22.6. The van der Waals surface area contributed by atoms with Crippen LogP contribution in [0.15, 0.2) is 24.3 Å². The number of nitrogens with zero attached hydrogens (tertiary/aromatic N) is 1. The average molecular weight is 280 g/mol. The van der Waals surface area contributed by atoms with Gasteiger partial charge in [-0.15, -0.1) is 0 Å². The van der Waals surface area contributed by atoms with Gasteiger partial charge >= 0.3 is 0 Å². The molecule has 0 aliphatic carbocycles. The van der Waals surface area contributed by atoms with Gasteiger partial charge in [0.15, 0.2) is 5.79 Å². The summed E-state index contributed by atoms with van der Waals surface area (Å²) in [6, 6.07) is 6.64. The number of ether oxygens (including phenoxy) is 2. The summed E-state index contributed by atoms with van der Waals surface area (Å²) < 4.78 is 11.2. The van der Waals surface area contributed by atoms with Crippen LogP contribution in [0.3, 0.4) is 0 Å². The maximum absolute atomic E-state index is 11.0. The number of rotatable bonds is 5. The molecule has 6 heteroatoms. The van der Waals surface area contributed by atoms with Crippen LogP contribution in [0.5, 0.6) is 0 Å². The first-order valence-corrected chi connectivity index (χ1v) is 6.67. The molecule has 1 heterocycles. The van der Waals surface area contributed by atoms with Gasteiger partial charge in [-0.05, 0) is 20.8 Å². The van der Waals surface area contributed by atoms with E-state index in [1.807, 2.05) is 20.8 Å². The maximum Gasteiger partial charge on any atom is 0.274 e. The molecule has 1 aliphatic heterocycles. The number of nitro groups is 1. The molecule has 0 radical (unpaired) electrons. The minimum atomic E-state index is -0.547. The van der Waals surface area contributed by atoms with Crippen LogP contribution < -0.4 is 5.32 Å². The van der Waals surface area contributed by atoms with Crippen molar-refractivity contribution in [3.05, 3.63) is 39.9 Å². The molecule has 1 aliphatic rings. The summed E-state index contributed by atoms with van der Waals surface area (Å²) in [5.41, 5.74) is 0.812. The number of nitro benzene ring substituents is 1. The lowest BCUT2D eigenvalue weighted by Crippen LogP contribution is -2.32. The molecule has 0 aromatic heterocycles. The van der Waals surface area contributed by atoms with Gasteiger partial charge in [-0.3, -0.25) is 10.1 Å². The second-order valence-corrected chi connectivity index (χ2v) is 5.40. The summed E-state index contributed by atoms with van der Waals surface area (Å²) in [6.07, 6.45) is -0.0322. The minimum Gasteiger partial charge on any atom is -0.348 e. The van der Waals surface area contributed by atoms with E-state index in [-0.39, 0.29) is 22.8 Å². The predicted molar refractivity (Wildman–Crippen MR) is 74.4 cm³/mol. The van der Waals surface area contributed by atoms with Crippen LogP contribution >= 0.6 is 0 Å². The van der Waals surface area contributed by atoms with Crippen molar-refractivity contribution in [1.82, 2.24) is 5.32 Å². The Morgan fingerprint density at radius 1 is 1.50 bits per heavy atom. The van der Waals surface area contributed by atoms with Gasteiger partial charge in [0, 0.05) is 24.2 Å². The van der Waals surface area contributed by atoms with Crippen LogP contribution in [0, 0.1) is 10.1 Å².